The van der Waals surface area contributed by atoms with E-state index in [1.54, 1.807) is 0 Å². The zero-order valence-electron chi connectivity index (χ0n) is 23.0. The first-order chi connectivity index (χ1) is 16.5. The standard InChI is InChI=1S/C30H48O6/c1-25(2)9-11-30(24(35)36)12-10-28(5)17(18(30)14-25)7-8-20-26(3)15-19(32)23(34)27(4,16-31)21(26)13-22(33)29(20,28)6/h7,18-23,31-34H,8-16H2,1-6H3,(H,35,36)/t18-,19+,20+,21+,22+,23-,26+,27-,28+,29-,30-/m0/s1. The van der Waals surface area contributed by atoms with Gasteiger partial charge in [-0.2, -0.15) is 0 Å². The molecule has 6 heteroatoms. The van der Waals surface area contributed by atoms with Crippen molar-refractivity contribution < 1.29 is 30.3 Å². The summed E-state index contributed by atoms with van der Waals surface area (Å²) in [5.74, 6) is -0.781. The molecule has 5 aliphatic carbocycles. The van der Waals surface area contributed by atoms with Gasteiger partial charge in [-0.05, 0) is 85.4 Å². The van der Waals surface area contributed by atoms with Gasteiger partial charge in [0.1, 0.15) is 0 Å². The normalized spacial score (nSPS) is 55.9. The molecular weight excluding hydrogens is 456 g/mol. The molecule has 0 aromatic carbocycles. The van der Waals surface area contributed by atoms with E-state index in [9.17, 15) is 30.3 Å². The van der Waals surface area contributed by atoms with Crippen LogP contribution >= 0.6 is 0 Å². The Bertz CT molecular complexity index is 974. The third kappa shape index (κ3) is 3.02. The highest BCUT2D eigenvalue weighted by Gasteiger charge is 2.72. The molecule has 0 amide bonds. The van der Waals surface area contributed by atoms with Crippen molar-refractivity contribution in [1.29, 1.82) is 0 Å². The molecule has 0 spiro atoms. The van der Waals surface area contributed by atoms with Gasteiger partial charge >= 0.3 is 5.97 Å². The van der Waals surface area contributed by atoms with Crippen LogP contribution in [0.2, 0.25) is 0 Å². The lowest BCUT2D eigenvalue weighted by atomic mass is 9.32. The molecule has 0 aliphatic heterocycles. The minimum absolute atomic E-state index is 0.0329. The van der Waals surface area contributed by atoms with E-state index in [4.69, 9.17) is 0 Å². The van der Waals surface area contributed by atoms with Crippen LogP contribution in [-0.4, -0.2) is 56.4 Å². The molecule has 0 bridgehead atoms. The van der Waals surface area contributed by atoms with Crippen molar-refractivity contribution in [3.8, 4) is 0 Å². The summed E-state index contributed by atoms with van der Waals surface area (Å²) >= 11 is 0. The van der Waals surface area contributed by atoms with Crippen LogP contribution < -0.4 is 0 Å². The summed E-state index contributed by atoms with van der Waals surface area (Å²) in [5, 5.41) is 54.8. The van der Waals surface area contributed by atoms with Gasteiger partial charge in [0.2, 0.25) is 0 Å². The number of allylic oxidation sites excluding steroid dienone is 2. The minimum Gasteiger partial charge on any atom is -0.481 e. The highest BCUT2D eigenvalue weighted by atomic mass is 16.4. The summed E-state index contributed by atoms with van der Waals surface area (Å²) in [6.45, 7) is 12.8. The molecule has 4 saturated carbocycles. The second-order valence-corrected chi connectivity index (χ2v) is 15.1. The number of carboxylic acid groups (broad SMARTS) is 1. The van der Waals surface area contributed by atoms with Gasteiger partial charge in [0.05, 0.1) is 30.3 Å². The summed E-state index contributed by atoms with van der Waals surface area (Å²) in [5.41, 5.74) is -1.51. The molecule has 5 aliphatic rings. The first-order valence-electron chi connectivity index (χ1n) is 14.1. The summed E-state index contributed by atoms with van der Waals surface area (Å²) in [7, 11) is 0. The second-order valence-electron chi connectivity index (χ2n) is 15.1. The smallest absolute Gasteiger partial charge is 0.310 e. The SMILES string of the molecule is CC1(C)CC[C@]2(C(=O)O)CC[C@]3(C)C(=CC[C@@H]4[C@@]5(C)C[C@@H](O)[C@H](O)[C@@](C)(CO)[C@@H]5C[C@@H](O)[C@]43C)[C@@H]2C1. The fourth-order valence-electron chi connectivity index (χ4n) is 10.7. The largest absolute Gasteiger partial charge is 0.481 e. The number of fused-ring (bicyclic) bond motifs is 7. The second kappa shape index (κ2) is 7.80. The van der Waals surface area contributed by atoms with Gasteiger partial charge in [-0.1, -0.05) is 53.2 Å². The van der Waals surface area contributed by atoms with Crippen LogP contribution in [0.15, 0.2) is 11.6 Å². The van der Waals surface area contributed by atoms with Crippen LogP contribution in [0, 0.1) is 50.2 Å². The number of rotatable bonds is 2. The zero-order valence-corrected chi connectivity index (χ0v) is 23.0. The topological polar surface area (TPSA) is 118 Å². The molecule has 4 fully saturated rings. The van der Waals surface area contributed by atoms with E-state index < -0.39 is 40.5 Å². The zero-order chi connectivity index (χ0) is 26.7. The third-order valence-electron chi connectivity index (χ3n) is 13.2. The number of carboxylic acids is 1. The molecule has 5 N–H and O–H groups in total. The molecule has 36 heavy (non-hydrogen) atoms. The highest BCUT2D eigenvalue weighted by molar-refractivity contribution is 5.76. The fraction of sp³-hybridized carbons (Fsp3) is 0.900. The lowest BCUT2D eigenvalue weighted by molar-refractivity contribution is -0.271. The number of aliphatic hydroxyl groups is 4. The lowest BCUT2D eigenvalue weighted by Crippen LogP contribution is -2.71. The van der Waals surface area contributed by atoms with Crippen LogP contribution in [0.5, 0.6) is 0 Å². The van der Waals surface area contributed by atoms with E-state index in [0.29, 0.717) is 25.7 Å². The van der Waals surface area contributed by atoms with E-state index in [-0.39, 0.29) is 40.6 Å². The average molecular weight is 505 g/mol. The molecule has 0 aromatic heterocycles. The maximum atomic E-state index is 12.8. The fourth-order valence-corrected chi connectivity index (χ4v) is 10.7. The van der Waals surface area contributed by atoms with E-state index in [2.05, 4.69) is 40.7 Å². The van der Waals surface area contributed by atoms with Gasteiger partial charge in [0, 0.05) is 10.8 Å². The van der Waals surface area contributed by atoms with Crippen molar-refractivity contribution >= 4 is 5.97 Å². The quantitative estimate of drug-likeness (QED) is 0.361. The van der Waals surface area contributed by atoms with Gasteiger partial charge in [0.25, 0.3) is 0 Å². The van der Waals surface area contributed by atoms with Crippen molar-refractivity contribution in [2.24, 2.45) is 50.2 Å². The average Bonchev–Trinajstić information content (AvgIpc) is 2.80. The molecule has 0 heterocycles. The first kappa shape index (κ1) is 26.6. The Morgan fingerprint density at radius 3 is 2.19 bits per heavy atom. The lowest BCUT2D eigenvalue weighted by Gasteiger charge is -2.72. The molecule has 0 saturated heterocycles. The summed E-state index contributed by atoms with van der Waals surface area (Å²) in [6.07, 6.45) is 5.19. The van der Waals surface area contributed by atoms with Crippen LogP contribution in [0.25, 0.3) is 0 Å². The van der Waals surface area contributed by atoms with Crippen molar-refractivity contribution in [2.45, 2.75) is 111 Å². The van der Waals surface area contributed by atoms with Crippen LogP contribution in [-0.2, 0) is 4.79 Å². The van der Waals surface area contributed by atoms with Crippen molar-refractivity contribution in [1.82, 2.24) is 0 Å². The molecule has 0 radical (unpaired) electrons. The van der Waals surface area contributed by atoms with Gasteiger partial charge in [-0.15, -0.1) is 0 Å². The predicted octanol–water partition coefficient (Wildman–Crippen LogP) is 4.15. The van der Waals surface area contributed by atoms with E-state index in [0.717, 1.165) is 25.7 Å². The van der Waals surface area contributed by atoms with Crippen molar-refractivity contribution in [2.75, 3.05) is 6.61 Å². The number of aliphatic carboxylic acids is 1. The Hall–Kier alpha value is -0.950. The molecule has 0 aromatic rings. The van der Waals surface area contributed by atoms with Gasteiger partial charge < -0.3 is 25.5 Å². The first-order valence-corrected chi connectivity index (χ1v) is 14.1. The van der Waals surface area contributed by atoms with Crippen LogP contribution in [0.3, 0.4) is 0 Å². The number of carbonyl (C=O) groups is 1. The third-order valence-corrected chi connectivity index (χ3v) is 13.2. The predicted molar refractivity (Wildman–Crippen MR) is 137 cm³/mol. The Kier molecular flexibility index (Phi) is 5.77. The molecule has 11 atom stereocenters. The van der Waals surface area contributed by atoms with E-state index in [1.807, 2.05) is 6.92 Å². The number of aliphatic hydroxyl groups excluding tert-OH is 4. The Labute approximate surface area is 216 Å². The van der Waals surface area contributed by atoms with Crippen LogP contribution in [0.1, 0.15) is 92.9 Å². The van der Waals surface area contributed by atoms with Gasteiger partial charge in [-0.3, -0.25) is 4.79 Å². The van der Waals surface area contributed by atoms with E-state index >= 15 is 0 Å². The summed E-state index contributed by atoms with van der Waals surface area (Å²) in [6, 6.07) is 0. The maximum absolute atomic E-state index is 12.8. The summed E-state index contributed by atoms with van der Waals surface area (Å²) < 4.78 is 0. The maximum Gasteiger partial charge on any atom is 0.310 e. The number of hydrogen-bond donors (Lipinski definition) is 5. The minimum atomic E-state index is -1.03. The Morgan fingerprint density at radius 2 is 1.58 bits per heavy atom. The molecule has 6 nitrogen and oxygen atoms in total. The highest BCUT2D eigenvalue weighted by Crippen LogP contribution is 2.75. The number of hydrogen-bond acceptors (Lipinski definition) is 5. The summed E-state index contributed by atoms with van der Waals surface area (Å²) in [4.78, 5) is 12.8. The van der Waals surface area contributed by atoms with Gasteiger partial charge in [0.15, 0.2) is 0 Å². The van der Waals surface area contributed by atoms with Crippen molar-refractivity contribution in [3.05, 3.63) is 11.6 Å². The Morgan fingerprint density at radius 1 is 0.944 bits per heavy atom. The van der Waals surface area contributed by atoms with Crippen molar-refractivity contribution in [3.63, 3.8) is 0 Å². The van der Waals surface area contributed by atoms with Crippen LogP contribution in [0.4, 0.5) is 0 Å². The molecule has 204 valence electrons. The molecular formula is C30H48O6. The monoisotopic (exact) mass is 504 g/mol. The van der Waals surface area contributed by atoms with E-state index in [1.165, 1.54) is 5.57 Å². The molecule has 5 rings (SSSR count). The van der Waals surface area contributed by atoms with Gasteiger partial charge in [-0.25, -0.2) is 0 Å². The Balaban J connectivity index is 1.65. The molecule has 0 unspecified atom stereocenters.